The van der Waals surface area contributed by atoms with E-state index < -0.39 is 0 Å². The van der Waals surface area contributed by atoms with Crippen LogP contribution in [0, 0.1) is 13.8 Å². The van der Waals surface area contributed by atoms with Gasteiger partial charge in [-0.3, -0.25) is 0 Å². The van der Waals surface area contributed by atoms with Crippen molar-refractivity contribution < 1.29 is 4.74 Å². The van der Waals surface area contributed by atoms with Crippen LogP contribution in [0.4, 0.5) is 5.69 Å². The van der Waals surface area contributed by atoms with Crippen LogP contribution >= 0.6 is 11.6 Å². The molecule has 0 bridgehead atoms. The molecule has 0 spiro atoms. The number of aryl methyl sites for hydroxylation is 2. The van der Waals surface area contributed by atoms with Crippen molar-refractivity contribution in [3.05, 3.63) is 58.1 Å². The first-order chi connectivity index (χ1) is 10.0. The van der Waals surface area contributed by atoms with Gasteiger partial charge < -0.3 is 10.1 Å². The molecule has 0 amide bonds. The van der Waals surface area contributed by atoms with Crippen molar-refractivity contribution in [3.8, 4) is 5.75 Å². The molecule has 112 valence electrons. The molecule has 0 fully saturated rings. The molecule has 2 rings (SSSR count). The predicted octanol–water partition coefficient (Wildman–Crippen LogP) is 5.53. The Bertz CT molecular complexity index is 607. The Hall–Kier alpha value is -1.67. The van der Waals surface area contributed by atoms with E-state index in [1.165, 1.54) is 11.1 Å². The Kier molecular flexibility index (Phi) is 5.13. The van der Waals surface area contributed by atoms with E-state index >= 15 is 0 Å². The van der Waals surface area contributed by atoms with Gasteiger partial charge in [0.15, 0.2) is 0 Å². The molecule has 0 saturated heterocycles. The SMILES string of the molecule is CCC(Nc1cc(C)c(Cl)cc1OC)c1ccc(C)cc1. The zero-order valence-corrected chi connectivity index (χ0v) is 13.8. The van der Waals surface area contributed by atoms with E-state index in [1.807, 2.05) is 19.1 Å². The van der Waals surface area contributed by atoms with Gasteiger partial charge in [-0.05, 0) is 37.5 Å². The molecule has 21 heavy (non-hydrogen) atoms. The first kappa shape index (κ1) is 15.7. The Morgan fingerprint density at radius 3 is 2.38 bits per heavy atom. The van der Waals surface area contributed by atoms with Gasteiger partial charge in [-0.15, -0.1) is 0 Å². The van der Waals surface area contributed by atoms with Crippen molar-refractivity contribution in [2.75, 3.05) is 12.4 Å². The molecule has 2 aromatic carbocycles. The smallest absolute Gasteiger partial charge is 0.143 e. The van der Waals surface area contributed by atoms with Crippen molar-refractivity contribution in [2.24, 2.45) is 0 Å². The number of ether oxygens (including phenoxy) is 1. The van der Waals surface area contributed by atoms with Crippen molar-refractivity contribution in [3.63, 3.8) is 0 Å². The molecule has 1 unspecified atom stereocenters. The second-order valence-electron chi connectivity index (χ2n) is 5.32. The fraction of sp³-hybridized carbons (Fsp3) is 0.333. The molecule has 2 nitrogen and oxygen atoms in total. The molecule has 0 aliphatic carbocycles. The Morgan fingerprint density at radius 1 is 1.14 bits per heavy atom. The van der Waals surface area contributed by atoms with Gasteiger partial charge in [0, 0.05) is 11.1 Å². The quantitative estimate of drug-likeness (QED) is 0.784. The average molecular weight is 304 g/mol. The lowest BCUT2D eigenvalue weighted by Crippen LogP contribution is -2.10. The molecular weight excluding hydrogens is 282 g/mol. The molecule has 2 aromatic rings. The third-order valence-electron chi connectivity index (χ3n) is 3.70. The number of hydrogen-bond acceptors (Lipinski definition) is 2. The summed E-state index contributed by atoms with van der Waals surface area (Å²) in [6.07, 6.45) is 0.994. The second kappa shape index (κ2) is 6.86. The Morgan fingerprint density at radius 2 is 1.81 bits per heavy atom. The summed E-state index contributed by atoms with van der Waals surface area (Å²) in [5.41, 5.74) is 4.57. The second-order valence-corrected chi connectivity index (χ2v) is 5.72. The summed E-state index contributed by atoms with van der Waals surface area (Å²) in [6, 6.07) is 12.8. The summed E-state index contributed by atoms with van der Waals surface area (Å²) >= 11 is 6.16. The van der Waals surface area contributed by atoms with Crippen LogP contribution in [-0.4, -0.2) is 7.11 Å². The summed E-state index contributed by atoms with van der Waals surface area (Å²) < 4.78 is 5.43. The minimum absolute atomic E-state index is 0.250. The van der Waals surface area contributed by atoms with Crippen LogP contribution in [0.2, 0.25) is 5.02 Å². The molecule has 1 atom stereocenters. The van der Waals surface area contributed by atoms with Crippen molar-refractivity contribution in [2.45, 2.75) is 33.2 Å². The highest BCUT2D eigenvalue weighted by Gasteiger charge is 2.13. The lowest BCUT2D eigenvalue weighted by atomic mass is 10.0. The molecule has 0 aromatic heterocycles. The predicted molar refractivity (Wildman–Crippen MR) is 90.6 cm³/mol. The van der Waals surface area contributed by atoms with E-state index in [4.69, 9.17) is 16.3 Å². The van der Waals surface area contributed by atoms with Crippen molar-refractivity contribution in [1.29, 1.82) is 0 Å². The van der Waals surface area contributed by atoms with Gasteiger partial charge >= 0.3 is 0 Å². The highest BCUT2D eigenvalue weighted by Crippen LogP contribution is 2.34. The lowest BCUT2D eigenvalue weighted by Gasteiger charge is -2.21. The number of anilines is 1. The van der Waals surface area contributed by atoms with Crippen LogP contribution in [-0.2, 0) is 0 Å². The lowest BCUT2D eigenvalue weighted by molar-refractivity contribution is 0.416. The molecule has 0 aliphatic rings. The third kappa shape index (κ3) is 3.70. The average Bonchev–Trinajstić information content (AvgIpc) is 2.49. The minimum atomic E-state index is 0.250. The fourth-order valence-electron chi connectivity index (χ4n) is 2.35. The minimum Gasteiger partial charge on any atom is -0.495 e. The third-order valence-corrected chi connectivity index (χ3v) is 4.11. The topological polar surface area (TPSA) is 21.3 Å². The van der Waals surface area contributed by atoms with Gasteiger partial charge in [-0.1, -0.05) is 48.4 Å². The van der Waals surface area contributed by atoms with E-state index in [1.54, 1.807) is 7.11 Å². The summed E-state index contributed by atoms with van der Waals surface area (Å²) in [7, 11) is 1.67. The van der Waals surface area contributed by atoms with Crippen LogP contribution in [0.5, 0.6) is 5.75 Å². The van der Waals surface area contributed by atoms with Crippen LogP contribution in [0.25, 0.3) is 0 Å². The monoisotopic (exact) mass is 303 g/mol. The standard InChI is InChI=1S/C18H22ClNO/c1-5-16(14-8-6-12(2)7-9-14)20-17-10-13(3)15(19)11-18(17)21-4/h6-11,16,20H,5H2,1-4H3. The largest absolute Gasteiger partial charge is 0.495 e. The highest BCUT2D eigenvalue weighted by molar-refractivity contribution is 6.31. The summed E-state index contributed by atoms with van der Waals surface area (Å²) in [5.74, 6) is 0.774. The van der Waals surface area contributed by atoms with Gasteiger partial charge in [0.1, 0.15) is 5.75 Å². The zero-order chi connectivity index (χ0) is 15.4. The molecule has 3 heteroatoms. The van der Waals surface area contributed by atoms with E-state index in [-0.39, 0.29) is 6.04 Å². The van der Waals surface area contributed by atoms with Crippen LogP contribution in [0.3, 0.4) is 0 Å². The normalized spacial score (nSPS) is 12.0. The molecule has 1 N–H and O–H groups in total. The van der Waals surface area contributed by atoms with Crippen LogP contribution < -0.4 is 10.1 Å². The summed E-state index contributed by atoms with van der Waals surface area (Å²) in [5, 5.41) is 4.29. The Labute approximate surface area is 132 Å². The maximum absolute atomic E-state index is 6.16. The first-order valence-corrected chi connectivity index (χ1v) is 7.60. The van der Waals surface area contributed by atoms with Gasteiger partial charge in [0.2, 0.25) is 0 Å². The van der Waals surface area contributed by atoms with Crippen LogP contribution in [0.1, 0.15) is 36.1 Å². The number of benzene rings is 2. The van der Waals surface area contributed by atoms with E-state index in [0.29, 0.717) is 0 Å². The molecule has 0 heterocycles. The van der Waals surface area contributed by atoms with E-state index in [2.05, 4.69) is 43.4 Å². The fourth-order valence-corrected chi connectivity index (χ4v) is 2.51. The van der Waals surface area contributed by atoms with Gasteiger partial charge in [-0.2, -0.15) is 0 Å². The molecular formula is C18H22ClNO. The summed E-state index contributed by atoms with van der Waals surface area (Å²) in [4.78, 5) is 0. The van der Waals surface area contributed by atoms with Crippen molar-refractivity contribution >= 4 is 17.3 Å². The molecule has 0 aliphatic heterocycles. The number of halogens is 1. The zero-order valence-electron chi connectivity index (χ0n) is 13.0. The van der Waals surface area contributed by atoms with E-state index in [0.717, 1.165) is 28.4 Å². The van der Waals surface area contributed by atoms with Gasteiger partial charge in [0.25, 0.3) is 0 Å². The van der Waals surface area contributed by atoms with E-state index in [9.17, 15) is 0 Å². The maximum atomic E-state index is 6.16. The van der Waals surface area contributed by atoms with Gasteiger partial charge in [-0.25, -0.2) is 0 Å². The number of hydrogen-bond donors (Lipinski definition) is 1. The molecule has 0 saturated carbocycles. The van der Waals surface area contributed by atoms with Crippen molar-refractivity contribution in [1.82, 2.24) is 0 Å². The number of methoxy groups -OCH3 is 1. The summed E-state index contributed by atoms with van der Waals surface area (Å²) in [6.45, 7) is 6.27. The maximum Gasteiger partial charge on any atom is 0.143 e. The van der Waals surface area contributed by atoms with Gasteiger partial charge in [0.05, 0.1) is 18.8 Å². The molecule has 0 radical (unpaired) electrons. The highest BCUT2D eigenvalue weighted by atomic mass is 35.5. The number of nitrogens with one attached hydrogen (secondary N) is 1. The first-order valence-electron chi connectivity index (χ1n) is 7.22. The van der Waals surface area contributed by atoms with Crippen LogP contribution in [0.15, 0.2) is 36.4 Å². The Balaban J connectivity index is 2.30. The number of rotatable bonds is 5.